The second-order valence-electron chi connectivity index (χ2n) is 6.96. The van der Waals surface area contributed by atoms with Gasteiger partial charge in [-0.15, -0.1) is 0 Å². The van der Waals surface area contributed by atoms with Gasteiger partial charge in [-0.25, -0.2) is 9.59 Å². The number of rotatable bonds is 7. The standard InChI is InChI=1S/C25H21N3O5/c1-33-22(29)13-7-15-6-12-19(21(14-15)25(31)32)18-4-2-3-5-20(18)24(30)28-17-10-8-16(9-11-17)23(26)27/h2-14H,1H3,(H3,26,27)(H,28,30)(H,31,32)/b13-7+. The minimum absolute atomic E-state index is 0.0203. The quantitative estimate of drug-likeness (QED) is 0.189. The molecule has 0 aliphatic rings. The van der Waals surface area contributed by atoms with Crippen LogP contribution in [0.4, 0.5) is 5.69 Å². The Morgan fingerprint density at radius 1 is 0.970 bits per heavy atom. The SMILES string of the molecule is COC(=O)/C=C/c1ccc(-c2ccccc2C(=O)Nc2ccc(C(=N)N)cc2)c(C(=O)O)c1. The van der Waals surface area contributed by atoms with Gasteiger partial charge in [-0.2, -0.15) is 0 Å². The van der Waals surface area contributed by atoms with Crippen LogP contribution >= 0.6 is 0 Å². The molecule has 0 aliphatic carbocycles. The lowest BCUT2D eigenvalue weighted by Gasteiger charge is -2.13. The van der Waals surface area contributed by atoms with Crippen LogP contribution in [-0.4, -0.2) is 35.9 Å². The van der Waals surface area contributed by atoms with Crippen molar-refractivity contribution in [2.75, 3.05) is 12.4 Å². The third kappa shape index (κ3) is 5.50. The summed E-state index contributed by atoms with van der Waals surface area (Å²) < 4.78 is 4.55. The van der Waals surface area contributed by atoms with E-state index >= 15 is 0 Å². The van der Waals surface area contributed by atoms with Gasteiger partial charge in [0.2, 0.25) is 0 Å². The number of carbonyl (C=O) groups excluding carboxylic acids is 2. The molecule has 3 aromatic rings. The normalized spacial score (nSPS) is 10.6. The van der Waals surface area contributed by atoms with Gasteiger partial charge in [0.05, 0.1) is 12.7 Å². The molecular weight excluding hydrogens is 422 g/mol. The summed E-state index contributed by atoms with van der Waals surface area (Å²) in [7, 11) is 1.25. The zero-order valence-electron chi connectivity index (χ0n) is 17.7. The third-order valence-electron chi connectivity index (χ3n) is 4.80. The largest absolute Gasteiger partial charge is 0.478 e. The Bertz CT molecular complexity index is 1260. The number of hydrogen-bond donors (Lipinski definition) is 4. The fourth-order valence-electron chi connectivity index (χ4n) is 3.16. The molecule has 0 saturated carbocycles. The van der Waals surface area contributed by atoms with Crippen molar-refractivity contribution in [2.24, 2.45) is 5.73 Å². The van der Waals surface area contributed by atoms with E-state index in [9.17, 15) is 19.5 Å². The summed E-state index contributed by atoms with van der Waals surface area (Å²) in [6.45, 7) is 0. The molecular formula is C25H21N3O5. The molecule has 0 aliphatic heterocycles. The number of methoxy groups -OCH3 is 1. The Balaban J connectivity index is 1.97. The van der Waals surface area contributed by atoms with Crippen molar-refractivity contribution in [2.45, 2.75) is 0 Å². The number of benzene rings is 3. The number of nitrogens with two attached hydrogens (primary N) is 1. The highest BCUT2D eigenvalue weighted by Crippen LogP contribution is 2.29. The lowest BCUT2D eigenvalue weighted by Crippen LogP contribution is -2.14. The smallest absolute Gasteiger partial charge is 0.336 e. The lowest BCUT2D eigenvalue weighted by atomic mass is 9.93. The van der Waals surface area contributed by atoms with Gasteiger partial charge in [-0.1, -0.05) is 30.3 Å². The highest BCUT2D eigenvalue weighted by molar-refractivity contribution is 6.10. The van der Waals surface area contributed by atoms with Crippen LogP contribution in [0.15, 0.2) is 72.8 Å². The average Bonchev–Trinajstić information content (AvgIpc) is 2.82. The van der Waals surface area contributed by atoms with Crippen LogP contribution < -0.4 is 11.1 Å². The first-order chi connectivity index (χ1) is 15.8. The number of nitrogens with one attached hydrogen (secondary N) is 2. The summed E-state index contributed by atoms with van der Waals surface area (Å²) in [5, 5.41) is 20.0. The molecule has 3 aromatic carbocycles. The molecule has 0 radical (unpaired) electrons. The van der Waals surface area contributed by atoms with Crippen molar-refractivity contribution in [1.29, 1.82) is 5.41 Å². The van der Waals surface area contributed by atoms with Crippen LogP contribution in [0.1, 0.15) is 31.8 Å². The van der Waals surface area contributed by atoms with Gasteiger partial charge in [0, 0.05) is 22.9 Å². The van der Waals surface area contributed by atoms with Crippen molar-refractivity contribution in [3.05, 3.63) is 95.1 Å². The van der Waals surface area contributed by atoms with Crippen LogP contribution in [0.2, 0.25) is 0 Å². The zero-order chi connectivity index (χ0) is 24.0. The van der Waals surface area contributed by atoms with Gasteiger partial charge >= 0.3 is 11.9 Å². The molecule has 0 spiro atoms. The number of nitrogen functional groups attached to an aromatic ring is 1. The molecule has 8 heteroatoms. The number of carboxylic acid groups (broad SMARTS) is 1. The zero-order valence-corrected chi connectivity index (χ0v) is 17.7. The molecule has 1 amide bonds. The first-order valence-corrected chi connectivity index (χ1v) is 9.78. The molecule has 5 N–H and O–H groups in total. The number of anilines is 1. The maximum Gasteiger partial charge on any atom is 0.336 e. The van der Waals surface area contributed by atoms with Crippen molar-refractivity contribution in [3.63, 3.8) is 0 Å². The number of ether oxygens (including phenoxy) is 1. The maximum absolute atomic E-state index is 13.0. The molecule has 166 valence electrons. The number of aromatic carboxylic acids is 1. The first kappa shape index (κ1) is 23.0. The summed E-state index contributed by atoms with van der Waals surface area (Å²) >= 11 is 0. The van der Waals surface area contributed by atoms with Crippen molar-refractivity contribution < 1.29 is 24.2 Å². The van der Waals surface area contributed by atoms with Crippen LogP contribution in [0, 0.1) is 5.41 Å². The van der Waals surface area contributed by atoms with E-state index in [4.69, 9.17) is 11.1 Å². The van der Waals surface area contributed by atoms with E-state index < -0.39 is 17.8 Å². The number of amides is 1. The Morgan fingerprint density at radius 3 is 2.27 bits per heavy atom. The molecule has 0 atom stereocenters. The van der Waals surface area contributed by atoms with Gasteiger partial charge < -0.3 is 20.9 Å². The molecule has 0 heterocycles. The highest BCUT2D eigenvalue weighted by Gasteiger charge is 2.18. The van der Waals surface area contributed by atoms with Crippen LogP contribution in [-0.2, 0) is 9.53 Å². The molecule has 0 saturated heterocycles. The summed E-state index contributed by atoms with van der Waals surface area (Å²) in [6, 6.07) is 17.8. The summed E-state index contributed by atoms with van der Waals surface area (Å²) in [5.74, 6) is -2.24. The van der Waals surface area contributed by atoms with Gasteiger partial charge in [0.25, 0.3) is 5.91 Å². The van der Waals surface area contributed by atoms with E-state index in [1.165, 1.54) is 25.3 Å². The van der Waals surface area contributed by atoms with Gasteiger partial charge in [-0.05, 0) is 59.2 Å². The number of carbonyl (C=O) groups is 3. The van der Waals surface area contributed by atoms with E-state index in [1.807, 2.05) is 0 Å². The molecule has 0 aromatic heterocycles. The molecule has 33 heavy (non-hydrogen) atoms. The van der Waals surface area contributed by atoms with E-state index in [0.717, 1.165) is 0 Å². The highest BCUT2D eigenvalue weighted by atomic mass is 16.5. The molecule has 0 unspecified atom stereocenters. The molecule has 8 nitrogen and oxygen atoms in total. The van der Waals surface area contributed by atoms with Gasteiger partial charge in [-0.3, -0.25) is 10.2 Å². The molecule has 0 fully saturated rings. The Labute approximate surface area is 189 Å². The van der Waals surface area contributed by atoms with Crippen LogP contribution in [0.25, 0.3) is 17.2 Å². The van der Waals surface area contributed by atoms with Crippen molar-refractivity contribution in [3.8, 4) is 11.1 Å². The number of carboxylic acids is 1. The predicted octanol–water partition coefficient (Wildman–Crippen LogP) is 3.77. The maximum atomic E-state index is 13.0. The minimum atomic E-state index is -1.17. The van der Waals surface area contributed by atoms with Crippen molar-refractivity contribution in [1.82, 2.24) is 0 Å². The fourth-order valence-corrected chi connectivity index (χ4v) is 3.16. The first-order valence-electron chi connectivity index (χ1n) is 9.78. The number of amidine groups is 1. The van der Waals surface area contributed by atoms with E-state index in [2.05, 4.69) is 10.1 Å². The monoisotopic (exact) mass is 443 g/mol. The Morgan fingerprint density at radius 2 is 1.64 bits per heavy atom. The van der Waals surface area contributed by atoms with Crippen LogP contribution in [0.3, 0.4) is 0 Å². The summed E-state index contributed by atoms with van der Waals surface area (Å²) in [6.07, 6.45) is 2.64. The minimum Gasteiger partial charge on any atom is -0.478 e. The van der Waals surface area contributed by atoms with E-state index in [1.54, 1.807) is 60.7 Å². The number of hydrogen-bond acceptors (Lipinski definition) is 5. The molecule has 3 rings (SSSR count). The number of esters is 1. The third-order valence-corrected chi connectivity index (χ3v) is 4.80. The summed E-state index contributed by atoms with van der Waals surface area (Å²) in [5.41, 5.74) is 8.04. The van der Waals surface area contributed by atoms with Gasteiger partial charge in [0.1, 0.15) is 5.84 Å². The van der Waals surface area contributed by atoms with E-state index in [-0.39, 0.29) is 17.0 Å². The fraction of sp³-hybridized carbons (Fsp3) is 0.0400. The van der Waals surface area contributed by atoms with Crippen LogP contribution in [0.5, 0.6) is 0 Å². The lowest BCUT2D eigenvalue weighted by molar-refractivity contribution is -0.134. The van der Waals surface area contributed by atoms with Crippen molar-refractivity contribution >= 4 is 35.4 Å². The summed E-state index contributed by atoms with van der Waals surface area (Å²) in [4.78, 5) is 36.3. The Hall–Kier alpha value is -4.72. The molecule has 0 bridgehead atoms. The van der Waals surface area contributed by atoms with Gasteiger partial charge in [0.15, 0.2) is 0 Å². The predicted molar refractivity (Wildman–Crippen MR) is 125 cm³/mol. The average molecular weight is 443 g/mol. The topological polar surface area (TPSA) is 143 Å². The van der Waals surface area contributed by atoms with E-state index in [0.29, 0.717) is 27.9 Å². The second kappa shape index (κ2) is 10.1. The second-order valence-corrected chi connectivity index (χ2v) is 6.96. The Kier molecular flexibility index (Phi) is 7.00.